The first-order valence-corrected chi connectivity index (χ1v) is 5.99. The van der Waals surface area contributed by atoms with Gasteiger partial charge in [-0.15, -0.1) is 0 Å². The van der Waals surface area contributed by atoms with Crippen molar-refractivity contribution >= 4 is 16.8 Å². The highest BCUT2D eigenvalue weighted by atomic mass is 35.5. The molecule has 1 aromatic carbocycles. The molecule has 0 saturated carbocycles. The Morgan fingerprint density at radius 1 is 1.42 bits per heavy atom. The third-order valence-corrected chi connectivity index (χ3v) is 2.92. The van der Waals surface area contributed by atoms with Crippen molar-refractivity contribution in [3.05, 3.63) is 36.0 Å². The van der Waals surface area contributed by atoms with E-state index in [0.29, 0.717) is 6.42 Å². The highest BCUT2D eigenvalue weighted by Crippen LogP contribution is 2.18. The second-order valence-corrected chi connectivity index (χ2v) is 4.28. The normalized spacial score (nSPS) is 11.9. The summed E-state index contributed by atoms with van der Waals surface area (Å²) in [4.78, 5) is 14.8. The van der Waals surface area contributed by atoms with E-state index < -0.39 is 0 Å². The minimum atomic E-state index is -0.351. The van der Waals surface area contributed by atoms with Crippen molar-refractivity contribution in [2.45, 2.75) is 12.5 Å². The molecule has 5 nitrogen and oxygen atoms in total. The standard InChI is InChI=1S/C13H17N3O2.ClH/c14-11(13(18)15-5-6-17)7-9-8-16-12-4-2-1-3-10(9)12;/h1-4,8,11,16-17H,5-7,14H2,(H,15,18);1H/t11-;/m0./s1. The van der Waals surface area contributed by atoms with Gasteiger partial charge >= 0.3 is 0 Å². The van der Waals surface area contributed by atoms with Crippen molar-refractivity contribution in [1.29, 1.82) is 0 Å². The molecule has 2 aromatic rings. The molecule has 0 aliphatic rings. The zero-order valence-electron chi connectivity index (χ0n) is 10.5. The first-order valence-electron chi connectivity index (χ1n) is 5.99. The molecule has 6 heteroatoms. The lowest BCUT2D eigenvalue weighted by atomic mass is 10.1. The number of hydrogen-bond donors (Lipinski definition) is 4. The number of carbonyl (C=O) groups is 1. The number of carbonyl (C=O) groups excluding carboxylic acids is 1. The van der Waals surface area contributed by atoms with Gasteiger partial charge in [-0.25, -0.2) is 0 Å². The highest BCUT2D eigenvalue weighted by molar-refractivity contribution is 5.85. The minimum absolute atomic E-state index is 0. The number of para-hydroxylation sites is 1. The molecule has 1 atom stereocenters. The predicted octanol–water partition coefficient (Wildman–Crippen LogP) is -3.57. The molecular formula is C13H18ClN3O2. The van der Waals surface area contributed by atoms with E-state index >= 15 is 0 Å². The van der Waals surface area contributed by atoms with Crippen LogP contribution in [0.3, 0.4) is 0 Å². The molecule has 104 valence electrons. The molecule has 0 aliphatic carbocycles. The average molecular weight is 284 g/mol. The molecule has 0 saturated heterocycles. The molecule has 0 unspecified atom stereocenters. The van der Waals surface area contributed by atoms with Gasteiger partial charge in [-0.3, -0.25) is 4.79 Å². The zero-order valence-corrected chi connectivity index (χ0v) is 11.3. The van der Waals surface area contributed by atoms with Gasteiger partial charge in [0.05, 0.1) is 6.61 Å². The zero-order chi connectivity index (χ0) is 13.0. The molecule has 1 aromatic heterocycles. The Kier molecular flexibility index (Phi) is 5.82. The summed E-state index contributed by atoms with van der Waals surface area (Å²) in [6.07, 6.45) is 2.50. The molecule has 6 N–H and O–H groups in total. The van der Waals surface area contributed by atoms with Gasteiger partial charge in [0.1, 0.15) is 0 Å². The van der Waals surface area contributed by atoms with Crippen molar-refractivity contribution in [3.63, 3.8) is 0 Å². The lowest BCUT2D eigenvalue weighted by Gasteiger charge is -2.08. The first-order chi connectivity index (χ1) is 8.72. The number of fused-ring (bicyclic) bond motifs is 1. The Morgan fingerprint density at radius 2 is 2.16 bits per heavy atom. The van der Waals surface area contributed by atoms with E-state index in [0.717, 1.165) is 16.5 Å². The second-order valence-electron chi connectivity index (χ2n) is 4.28. The highest BCUT2D eigenvalue weighted by Gasteiger charge is 2.18. The van der Waals surface area contributed by atoms with Crippen LogP contribution in [0.5, 0.6) is 0 Å². The summed E-state index contributed by atoms with van der Waals surface area (Å²) >= 11 is 0. The molecule has 0 spiro atoms. The van der Waals surface area contributed by atoms with Crippen molar-refractivity contribution in [2.75, 3.05) is 13.2 Å². The molecule has 0 radical (unpaired) electrons. The Balaban J connectivity index is 0.00000180. The third kappa shape index (κ3) is 3.70. The summed E-state index contributed by atoms with van der Waals surface area (Å²) < 4.78 is 0. The van der Waals surface area contributed by atoms with Gasteiger partial charge in [0, 0.05) is 30.1 Å². The Hall–Kier alpha value is -1.56. The van der Waals surface area contributed by atoms with Gasteiger partial charge in [-0.2, -0.15) is 0 Å². The molecule has 0 bridgehead atoms. The molecule has 1 amide bonds. The fourth-order valence-electron chi connectivity index (χ4n) is 1.98. The van der Waals surface area contributed by atoms with Gasteiger partial charge in [0.25, 0.3) is 5.91 Å². The van der Waals surface area contributed by atoms with Gasteiger partial charge in [-0.1, -0.05) is 18.2 Å². The number of aromatic amines is 1. The number of quaternary nitrogens is 1. The summed E-state index contributed by atoms with van der Waals surface area (Å²) in [5.41, 5.74) is 6.02. The van der Waals surface area contributed by atoms with Gasteiger partial charge in [0.15, 0.2) is 6.04 Å². The first kappa shape index (κ1) is 15.5. The van der Waals surface area contributed by atoms with E-state index in [1.807, 2.05) is 30.5 Å². The summed E-state index contributed by atoms with van der Waals surface area (Å²) in [5.74, 6) is -0.130. The van der Waals surface area contributed by atoms with Crippen LogP contribution in [-0.2, 0) is 11.2 Å². The quantitative estimate of drug-likeness (QED) is 0.457. The fourth-order valence-corrected chi connectivity index (χ4v) is 1.98. The monoisotopic (exact) mass is 283 g/mol. The van der Waals surface area contributed by atoms with Crippen LogP contribution < -0.4 is 23.5 Å². The van der Waals surface area contributed by atoms with Crippen LogP contribution in [0.4, 0.5) is 0 Å². The molecule has 2 rings (SSSR count). The predicted molar refractivity (Wildman–Crippen MR) is 68.8 cm³/mol. The number of nitrogens with one attached hydrogen (secondary N) is 2. The Morgan fingerprint density at radius 3 is 2.89 bits per heavy atom. The minimum Gasteiger partial charge on any atom is -1.00 e. The number of aliphatic hydroxyl groups excluding tert-OH is 1. The van der Waals surface area contributed by atoms with Gasteiger partial charge in [-0.05, 0) is 11.6 Å². The van der Waals surface area contributed by atoms with Gasteiger partial charge < -0.3 is 33.5 Å². The maximum absolute atomic E-state index is 11.7. The molecular weight excluding hydrogens is 266 g/mol. The smallest absolute Gasteiger partial charge is 0.278 e. The van der Waals surface area contributed by atoms with Crippen LogP contribution in [-0.4, -0.2) is 35.2 Å². The fraction of sp³-hybridized carbons (Fsp3) is 0.308. The van der Waals surface area contributed by atoms with E-state index in [9.17, 15) is 4.79 Å². The number of aromatic nitrogens is 1. The van der Waals surface area contributed by atoms with E-state index in [-0.39, 0.29) is 37.5 Å². The van der Waals surface area contributed by atoms with Crippen LogP contribution in [0.2, 0.25) is 0 Å². The number of aliphatic hydroxyl groups is 1. The van der Waals surface area contributed by atoms with Crippen molar-refractivity contribution in [2.24, 2.45) is 0 Å². The second kappa shape index (κ2) is 7.13. The maximum Gasteiger partial charge on any atom is 0.278 e. The van der Waals surface area contributed by atoms with Gasteiger partial charge in [0.2, 0.25) is 0 Å². The number of benzene rings is 1. The summed E-state index contributed by atoms with van der Waals surface area (Å²) in [5, 5.41) is 12.4. The van der Waals surface area contributed by atoms with Crippen LogP contribution in [0, 0.1) is 0 Å². The largest absolute Gasteiger partial charge is 1.00 e. The van der Waals surface area contributed by atoms with Crippen molar-refractivity contribution < 1.29 is 28.0 Å². The number of rotatable bonds is 5. The average Bonchev–Trinajstić information content (AvgIpc) is 2.79. The molecule has 1 heterocycles. The van der Waals surface area contributed by atoms with E-state index in [1.54, 1.807) is 0 Å². The Bertz CT molecular complexity index is 541. The molecule has 0 aliphatic heterocycles. The third-order valence-electron chi connectivity index (χ3n) is 2.92. The lowest BCUT2D eigenvalue weighted by Crippen LogP contribution is -3.00. The lowest BCUT2D eigenvalue weighted by molar-refractivity contribution is -0.403. The number of H-pyrrole nitrogens is 1. The maximum atomic E-state index is 11.7. The number of halogens is 1. The Labute approximate surface area is 117 Å². The van der Waals surface area contributed by atoms with Crippen LogP contribution in [0.1, 0.15) is 5.56 Å². The van der Waals surface area contributed by atoms with Crippen molar-refractivity contribution in [3.8, 4) is 0 Å². The SMILES string of the molecule is [Cl-].[NH3+][C@@H](Cc1c[nH]c2ccccc12)C(=O)NCCO. The molecule has 0 fully saturated rings. The van der Waals surface area contributed by atoms with E-state index in [1.165, 1.54) is 0 Å². The summed E-state index contributed by atoms with van der Waals surface area (Å²) in [7, 11) is 0. The number of amides is 1. The topological polar surface area (TPSA) is 92.8 Å². The molecule has 19 heavy (non-hydrogen) atoms. The summed E-state index contributed by atoms with van der Waals surface area (Å²) in [6.45, 7) is 0.226. The van der Waals surface area contributed by atoms with Crippen LogP contribution in [0.15, 0.2) is 30.5 Å². The summed E-state index contributed by atoms with van der Waals surface area (Å²) in [6, 6.07) is 7.63. The van der Waals surface area contributed by atoms with E-state index in [2.05, 4.69) is 16.0 Å². The number of hydrogen-bond acceptors (Lipinski definition) is 2. The van der Waals surface area contributed by atoms with Crippen LogP contribution >= 0.6 is 0 Å². The van der Waals surface area contributed by atoms with Crippen molar-refractivity contribution in [1.82, 2.24) is 10.3 Å². The van der Waals surface area contributed by atoms with Crippen LogP contribution in [0.25, 0.3) is 10.9 Å². The van der Waals surface area contributed by atoms with E-state index in [4.69, 9.17) is 5.11 Å².